The fourth-order valence-corrected chi connectivity index (χ4v) is 2.12. The largest absolute Gasteiger partial charge is 0.497 e. The van der Waals surface area contributed by atoms with Gasteiger partial charge in [0.05, 0.1) is 12.6 Å². The summed E-state index contributed by atoms with van der Waals surface area (Å²) in [5.74, 6) is 0.869. The van der Waals surface area contributed by atoms with Gasteiger partial charge >= 0.3 is 0 Å². The smallest absolute Gasteiger partial charge is 0.119 e. The lowest BCUT2D eigenvalue weighted by molar-refractivity contribution is 0.415. The van der Waals surface area contributed by atoms with E-state index in [0.29, 0.717) is 0 Å². The summed E-state index contributed by atoms with van der Waals surface area (Å²) < 4.78 is 7.08. The van der Waals surface area contributed by atoms with Crippen molar-refractivity contribution < 1.29 is 4.74 Å². The third-order valence-corrected chi connectivity index (χ3v) is 3.02. The summed E-state index contributed by atoms with van der Waals surface area (Å²) in [6.07, 6.45) is 2.02. The number of fused-ring (bicyclic) bond motifs is 1. The van der Waals surface area contributed by atoms with Gasteiger partial charge in [-0.2, -0.15) is 5.10 Å². The van der Waals surface area contributed by atoms with Crippen LogP contribution in [0.3, 0.4) is 0 Å². The first-order valence-electron chi connectivity index (χ1n) is 5.84. The van der Waals surface area contributed by atoms with Crippen molar-refractivity contribution in [1.29, 1.82) is 0 Å². The van der Waals surface area contributed by atoms with E-state index < -0.39 is 0 Å². The highest BCUT2D eigenvalue weighted by Crippen LogP contribution is 2.26. The van der Waals surface area contributed by atoms with Crippen molar-refractivity contribution in [2.24, 2.45) is 7.05 Å². The van der Waals surface area contributed by atoms with E-state index >= 15 is 0 Å². The molecule has 0 bridgehead atoms. The third kappa shape index (κ3) is 1.84. The number of rotatable bonds is 2. The van der Waals surface area contributed by atoms with Crippen molar-refractivity contribution in [2.45, 2.75) is 0 Å². The number of ether oxygens (including phenoxy) is 1. The second-order valence-electron chi connectivity index (χ2n) is 4.31. The van der Waals surface area contributed by atoms with Crippen LogP contribution >= 0.6 is 0 Å². The molecule has 0 saturated carbocycles. The average molecular weight is 238 g/mol. The Labute approximate surface area is 106 Å². The van der Waals surface area contributed by atoms with Crippen LogP contribution in [-0.4, -0.2) is 16.9 Å². The number of hydrogen-bond donors (Lipinski definition) is 0. The standard InChI is InChI=1S/C15H14N2O/c1-17-10-13-7-6-12(9-15(13)16-17)11-4-3-5-14(8-11)18-2/h3-10H,1-2H3. The summed E-state index contributed by atoms with van der Waals surface area (Å²) in [7, 11) is 3.62. The molecule has 0 fully saturated rings. The van der Waals surface area contributed by atoms with E-state index in [4.69, 9.17) is 4.74 Å². The van der Waals surface area contributed by atoms with Gasteiger partial charge in [0, 0.05) is 18.6 Å². The quantitative estimate of drug-likeness (QED) is 0.685. The maximum atomic E-state index is 5.25. The molecule has 0 N–H and O–H groups in total. The molecular weight excluding hydrogens is 224 g/mol. The Kier molecular flexibility index (Phi) is 2.52. The number of methoxy groups -OCH3 is 1. The summed E-state index contributed by atoms with van der Waals surface area (Å²) in [5, 5.41) is 5.58. The lowest BCUT2D eigenvalue weighted by atomic mass is 10.0. The topological polar surface area (TPSA) is 27.1 Å². The fraction of sp³-hybridized carbons (Fsp3) is 0.133. The molecule has 3 heteroatoms. The van der Waals surface area contributed by atoms with Crippen LogP contribution in [0.4, 0.5) is 0 Å². The highest BCUT2D eigenvalue weighted by Gasteiger charge is 2.03. The first kappa shape index (κ1) is 10.8. The highest BCUT2D eigenvalue weighted by atomic mass is 16.5. The molecule has 1 aromatic heterocycles. The molecule has 0 saturated heterocycles. The predicted octanol–water partition coefficient (Wildman–Crippen LogP) is 3.25. The molecule has 0 aliphatic heterocycles. The second kappa shape index (κ2) is 4.18. The maximum absolute atomic E-state index is 5.25. The summed E-state index contributed by atoms with van der Waals surface area (Å²) in [6, 6.07) is 14.4. The Morgan fingerprint density at radius 3 is 2.72 bits per heavy atom. The van der Waals surface area contributed by atoms with Crippen LogP contribution in [0.15, 0.2) is 48.7 Å². The van der Waals surface area contributed by atoms with Gasteiger partial charge in [0.25, 0.3) is 0 Å². The first-order valence-corrected chi connectivity index (χ1v) is 5.84. The van der Waals surface area contributed by atoms with Crippen LogP contribution in [0.1, 0.15) is 0 Å². The van der Waals surface area contributed by atoms with Crippen LogP contribution in [-0.2, 0) is 7.05 Å². The molecule has 3 aromatic rings. The van der Waals surface area contributed by atoms with Gasteiger partial charge in [-0.25, -0.2) is 0 Å². The van der Waals surface area contributed by atoms with Crippen molar-refractivity contribution in [3.63, 3.8) is 0 Å². The number of aromatic nitrogens is 2. The molecule has 18 heavy (non-hydrogen) atoms. The van der Waals surface area contributed by atoms with E-state index in [-0.39, 0.29) is 0 Å². The molecule has 0 aliphatic rings. The van der Waals surface area contributed by atoms with Gasteiger partial charge in [-0.3, -0.25) is 4.68 Å². The van der Waals surface area contributed by atoms with E-state index in [0.717, 1.165) is 27.8 Å². The molecule has 90 valence electrons. The van der Waals surface area contributed by atoms with E-state index in [9.17, 15) is 0 Å². The van der Waals surface area contributed by atoms with Crippen LogP contribution in [0.2, 0.25) is 0 Å². The summed E-state index contributed by atoms with van der Waals surface area (Å²) >= 11 is 0. The van der Waals surface area contributed by atoms with Gasteiger partial charge in [-0.15, -0.1) is 0 Å². The van der Waals surface area contributed by atoms with Crippen molar-refractivity contribution in [3.05, 3.63) is 48.7 Å². The Morgan fingerprint density at radius 2 is 1.89 bits per heavy atom. The molecule has 3 rings (SSSR count). The minimum Gasteiger partial charge on any atom is -0.497 e. The number of benzene rings is 2. The van der Waals surface area contributed by atoms with E-state index in [1.165, 1.54) is 0 Å². The zero-order valence-corrected chi connectivity index (χ0v) is 10.4. The Bertz CT molecular complexity index is 701. The van der Waals surface area contributed by atoms with Crippen molar-refractivity contribution in [2.75, 3.05) is 7.11 Å². The summed E-state index contributed by atoms with van der Waals surface area (Å²) in [5.41, 5.74) is 3.31. The van der Waals surface area contributed by atoms with Gasteiger partial charge in [0.15, 0.2) is 0 Å². The van der Waals surface area contributed by atoms with Crippen LogP contribution in [0.5, 0.6) is 5.75 Å². The number of nitrogens with zero attached hydrogens (tertiary/aromatic N) is 2. The normalized spacial score (nSPS) is 10.8. The van der Waals surface area contributed by atoms with Gasteiger partial charge < -0.3 is 4.74 Å². The fourth-order valence-electron chi connectivity index (χ4n) is 2.12. The van der Waals surface area contributed by atoms with Crippen molar-refractivity contribution >= 4 is 10.9 Å². The Hall–Kier alpha value is -2.29. The van der Waals surface area contributed by atoms with Gasteiger partial charge in [0.2, 0.25) is 0 Å². The molecule has 0 unspecified atom stereocenters. The Morgan fingerprint density at radius 1 is 1.06 bits per heavy atom. The van der Waals surface area contributed by atoms with E-state index in [1.807, 2.05) is 36.1 Å². The summed E-state index contributed by atoms with van der Waals surface area (Å²) in [4.78, 5) is 0. The van der Waals surface area contributed by atoms with Crippen LogP contribution in [0.25, 0.3) is 22.0 Å². The predicted molar refractivity (Wildman–Crippen MR) is 72.7 cm³/mol. The van der Waals surface area contributed by atoms with Gasteiger partial charge in [-0.05, 0) is 29.3 Å². The lowest BCUT2D eigenvalue weighted by Crippen LogP contribution is -1.85. The van der Waals surface area contributed by atoms with E-state index in [1.54, 1.807) is 7.11 Å². The maximum Gasteiger partial charge on any atom is 0.119 e. The van der Waals surface area contributed by atoms with Crippen molar-refractivity contribution in [1.82, 2.24) is 9.78 Å². The molecular formula is C15H14N2O. The minimum atomic E-state index is 0.869. The van der Waals surface area contributed by atoms with E-state index in [2.05, 4.69) is 29.4 Å². The SMILES string of the molecule is COc1cccc(-c2ccc3cn(C)nc3c2)c1. The molecule has 2 aromatic carbocycles. The average Bonchev–Trinajstić information content (AvgIpc) is 2.77. The first-order chi connectivity index (χ1) is 8.76. The van der Waals surface area contributed by atoms with Gasteiger partial charge in [0.1, 0.15) is 5.75 Å². The molecule has 0 atom stereocenters. The minimum absolute atomic E-state index is 0.869. The highest BCUT2D eigenvalue weighted by molar-refractivity contribution is 5.84. The number of hydrogen-bond acceptors (Lipinski definition) is 2. The monoisotopic (exact) mass is 238 g/mol. The molecule has 0 aliphatic carbocycles. The zero-order valence-electron chi connectivity index (χ0n) is 10.4. The Balaban J connectivity index is 2.12. The van der Waals surface area contributed by atoms with Crippen molar-refractivity contribution in [3.8, 4) is 16.9 Å². The van der Waals surface area contributed by atoms with Crippen LogP contribution in [0, 0.1) is 0 Å². The second-order valence-corrected chi connectivity index (χ2v) is 4.31. The molecule has 0 amide bonds. The lowest BCUT2D eigenvalue weighted by Gasteiger charge is -2.04. The zero-order chi connectivity index (χ0) is 12.5. The van der Waals surface area contributed by atoms with Gasteiger partial charge in [-0.1, -0.05) is 24.3 Å². The molecule has 0 spiro atoms. The molecule has 0 radical (unpaired) electrons. The molecule has 3 nitrogen and oxygen atoms in total. The van der Waals surface area contributed by atoms with Crippen LogP contribution < -0.4 is 4.74 Å². The molecule has 1 heterocycles. The number of aryl methyl sites for hydroxylation is 1. The third-order valence-electron chi connectivity index (χ3n) is 3.02. The summed E-state index contributed by atoms with van der Waals surface area (Å²) in [6.45, 7) is 0.